The molecule has 0 aliphatic carbocycles. The van der Waals surface area contributed by atoms with Crippen molar-refractivity contribution >= 4 is 0 Å². The van der Waals surface area contributed by atoms with Gasteiger partial charge < -0.3 is 14.2 Å². The fourth-order valence-corrected chi connectivity index (χ4v) is 1.87. The van der Waals surface area contributed by atoms with Gasteiger partial charge in [0.2, 0.25) is 6.29 Å². The maximum absolute atomic E-state index is 5.59. The average Bonchev–Trinajstić information content (AvgIpc) is 2.88. The zero-order valence-corrected chi connectivity index (χ0v) is 10.4. The summed E-state index contributed by atoms with van der Waals surface area (Å²) in [4.78, 5) is 0. The molecule has 3 rings (SSSR count). The molecule has 0 bridgehead atoms. The summed E-state index contributed by atoms with van der Waals surface area (Å²) in [5.41, 5.74) is 1.17. The third-order valence-corrected chi connectivity index (χ3v) is 2.77. The van der Waals surface area contributed by atoms with Crippen molar-refractivity contribution in [2.24, 2.45) is 0 Å². The highest BCUT2D eigenvalue weighted by molar-refractivity contribution is 5.22. The van der Waals surface area contributed by atoms with E-state index in [1.165, 1.54) is 11.8 Å². The van der Waals surface area contributed by atoms with E-state index in [1.54, 1.807) is 0 Å². The second-order valence-electron chi connectivity index (χ2n) is 4.23. The van der Waals surface area contributed by atoms with Gasteiger partial charge in [0.25, 0.3) is 0 Å². The lowest BCUT2D eigenvalue weighted by Gasteiger charge is -2.11. The molecule has 0 saturated carbocycles. The van der Waals surface area contributed by atoms with Crippen molar-refractivity contribution in [1.29, 1.82) is 0 Å². The van der Waals surface area contributed by atoms with Crippen LogP contribution in [-0.4, -0.2) is 6.29 Å². The average molecular weight is 254 g/mol. The maximum atomic E-state index is 5.59. The predicted octanol–water partition coefficient (Wildman–Crippen LogP) is 3.48. The van der Waals surface area contributed by atoms with Gasteiger partial charge in [-0.1, -0.05) is 48.5 Å². The Bertz CT molecular complexity index is 549. The first-order chi connectivity index (χ1) is 9.40. The smallest absolute Gasteiger partial charge is 0.324 e. The molecule has 0 radical (unpaired) electrons. The van der Waals surface area contributed by atoms with Gasteiger partial charge in [-0.05, 0) is 17.7 Å². The summed E-state index contributed by atoms with van der Waals surface area (Å²) < 4.78 is 16.6. The molecule has 0 saturated heterocycles. The van der Waals surface area contributed by atoms with Gasteiger partial charge in [-0.3, -0.25) is 0 Å². The molecule has 0 N–H and O–H groups in total. The topological polar surface area (TPSA) is 27.7 Å². The summed E-state index contributed by atoms with van der Waals surface area (Å²) in [6.07, 6.45) is 1.89. The summed E-state index contributed by atoms with van der Waals surface area (Å²) in [6, 6.07) is 19.6. The molecule has 0 spiro atoms. The van der Waals surface area contributed by atoms with Gasteiger partial charge in [-0.15, -0.1) is 0 Å². The van der Waals surface area contributed by atoms with Gasteiger partial charge in [0, 0.05) is 6.42 Å². The fraction of sp³-hybridized carbons (Fsp3) is 0.125. The van der Waals surface area contributed by atoms with Crippen LogP contribution in [0.15, 0.2) is 72.9 Å². The Labute approximate surface area is 112 Å². The molecule has 3 heteroatoms. The molecule has 0 amide bonds. The van der Waals surface area contributed by atoms with Crippen LogP contribution in [0.4, 0.5) is 0 Å². The number of hydrogen-bond acceptors (Lipinski definition) is 3. The van der Waals surface area contributed by atoms with Crippen LogP contribution < -0.4 is 4.74 Å². The number of rotatable bonds is 4. The van der Waals surface area contributed by atoms with Crippen LogP contribution in [-0.2, 0) is 15.9 Å². The zero-order chi connectivity index (χ0) is 12.9. The quantitative estimate of drug-likeness (QED) is 0.836. The number of hydrogen-bond donors (Lipinski definition) is 0. The van der Waals surface area contributed by atoms with Crippen LogP contribution >= 0.6 is 0 Å². The highest BCUT2D eigenvalue weighted by atomic mass is 16.8. The molecule has 2 aromatic rings. The van der Waals surface area contributed by atoms with E-state index in [4.69, 9.17) is 14.2 Å². The maximum Gasteiger partial charge on any atom is 0.324 e. The van der Waals surface area contributed by atoms with Crippen molar-refractivity contribution in [3.05, 3.63) is 78.4 Å². The van der Waals surface area contributed by atoms with Gasteiger partial charge in [0.15, 0.2) is 6.26 Å². The summed E-state index contributed by atoms with van der Waals surface area (Å²) in [5.74, 6) is 1.13. The molecule has 3 nitrogen and oxygen atoms in total. The van der Waals surface area contributed by atoms with Gasteiger partial charge >= 0.3 is 5.95 Å². The third-order valence-electron chi connectivity index (χ3n) is 2.77. The fourth-order valence-electron chi connectivity index (χ4n) is 1.87. The Kier molecular flexibility index (Phi) is 3.36. The number of benzene rings is 2. The molecule has 2 aromatic carbocycles. The Balaban J connectivity index is 1.55. The van der Waals surface area contributed by atoms with Crippen molar-refractivity contribution in [3.8, 4) is 5.75 Å². The summed E-state index contributed by atoms with van der Waals surface area (Å²) in [5, 5.41) is 0. The Morgan fingerprint density at radius 3 is 2.32 bits per heavy atom. The van der Waals surface area contributed by atoms with Gasteiger partial charge in [-0.2, -0.15) is 0 Å². The minimum Gasteiger partial charge on any atom is -0.455 e. The van der Waals surface area contributed by atoms with Crippen LogP contribution in [0.1, 0.15) is 5.56 Å². The molecule has 0 aromatic heterocycles. The Hall–Kier alpha value is -2.42. The first-order valence-corrected chi connectivity index (χ1v) is 6.19. The van der Waals surface area contributed by atoms with Crippen molar-refractivity contribution in [1.82, 2.24) is 0 Å². The molecule has 19 heavy (non-hydrogen) atoms. The van der Waals surface area contributed by atoms with Crippen LogP contribution in [0.3, 0.4) is 0 Å². The summed E-state index contributed by atoms with van der Waals surface area (Å²) in [6.45, 7) is 0. The highest BCUT2D eigenvalue weighted by Crippen LogP contribution is 2.21. The van der Waals surface area contributed by atoms with Crippen molar-refractivity contribution < 1.29 is 14.2 Å². The lowest BCUT2D eigenvalue weighted by atomic mass is 10.1. The molecule has 96 valence electrons. The molecule has 1 aliphatic heterocycles. The van der Waals surface area contributed by atoms with Crippen LogP contribution in [0.25, 0.3) is 0 Å². The monoisotopic (exact) mass is 254 g/mol. The first-order valence-electron chi connectivity index (χ1n) is 6.19. The molecule has 1 heterocycles. The molecule has 1 unspecified atom stereocenters. The van der Waals surface area contributed by atoms with E-state index in [9.17, 15) is 0 Å². The predicted molar refractivity (Wildman–Crippen MR) is 71.3 cm³/mol. The number of ether oxygens (including phenoxy) is 3. The second-order valence-corrected chi connectivity index (χ2v) is 4.23. The summed E-state index contributed by atoms with van der Waals surface area (Å²) in [7, 11) is 0. The van der Waals surface area contributed by atoms with E-state index >= 15 is 0 Å². The van der Waals surface area contributed by atoms with Gasteiger partial charge in [-0.25, -0.2) is 0 Å². The van der Waals surface area contributed by atoms with E-state index < -0.39 is 0 Å². The number of para-hydroxylation sites is 1. The van der Waals surface area contributed by atoms with Crippen molar-refractivity contribution in [2.75, 3.05) is 0 Å². The molecular formula is C16H14O3. The third kappa shape index (κ3) is 3.07. The lowest BCUT2D eigenvalue weighted by Crippen LogP contribution is -2.13. The SMILES string of the molecule is C1=C(Oc2ccccc2)OC(Cc2ccccc2)O1. The Morgan fingerprint density at radius 1 is 0.895 bits per heavy atom. The van der Waals surface area contributed by atoms with E-state index in [2.05, 4.69) is 0 Å². The largest absolute Gasteiger partial charge is 0.455 e. The first kappa shape index (κ1) is 11.7. The molecule has 0 fully saturated rings. The van der Waals surface area contributed by atoms with Crippen molar-refractivity contribution in [3.63, 3.8) is 0 Å². The highest BCUT2D eigenvalue weighted by Gasteiger charge is 2.21. The minimum atomic E-state index is -0.318. The van der Waals surface area contributed by atoms with Crippen LogP contribution in [0.2, 0.25) is 0 Å². The second kappa shape index (κ2) is 5.48. The zero-order valence-electron chi connectivity index (χ0n) is 10.4. The lowest BCUT2D eigenvalue weighted by molar-refractivity contribution is -0.0519. The standard InChI is InChI=1S/C16H14O3/c1-3-7-13(8-4-1)11-15-17-12-16(19-15)18-14-9-5-2-6-10-14/h1-10,12,15H,11H2. The molecular weight excluding hydrogens is 240 g/mol. The van der Waals surface area contributed by atoms with E-state index in [1.807, 2.05) is 60.7 Å². The Morgan fingerprint density at radius 2 is 1.58 bits per heavy atom. The van der Waals surface area contributed by atoms with Gasteiger partial charge in [0.1, 0.15) is 5.75 Å². The van der Waals surface area contributed by atoms with Crippen LogP contribution in [0, 0.1) is 0 Å². The van der Waals surface area contributed by atoms with E-state index in [-0.39, 0.29) is 6.29 Å². The molecule has 1 atom stereocenters. The normalized spacial score (nSPS) is 17.3. The van der Waals surface area contributed by atoms with Crippen LogP contribution in [0.5, 0.6) is 5.75 Å². The van der Waals surface area contributed by atoms with E-state index in [0.29, 0.717) is 12.4 Å². The van der Waals surface area contributed by atoms with Crippen molar-refractivity contribution in [2.45, 2.75) is 12.7 Å². The molecule has 1 aliphatic rings. The minimum absolute atomic E-state index is 0.318. The van der Waals surface area contributed by atoms with E-state index in [0.717, 1.165) is 5.75 Å². The summed E-state index contributed by atoms with van der Waals surface area (Å²) >= 11 is 0. The van der Waals surface area contributed by atoms with Gasteiger partial charge in [0.05, 0.1) is 0 Å².